The van der Waals surface area contributed by atoms with E-state index in [-0.39, 0.29) is 5.97 Å². The van der Waals surface area contributed by atoms with Crippen molar-refractivity contribution in [2.45, 2.75) is 32.3 Å². The second-order valence-corrected chi connectivity index (χ2v) is 4.08. The minimum absolute atomic E-state index is 0.278. The van der Waals surface area contributed by atoms with E-state index >= 15 is 0 Å². The fraction of sp³-hybridized carbons (Fsp3) is 0.462. The molecule has 0 aromatic heterocycles. The van der Waals surface area contributed by atoms with E-state index in [2.05, 4.69) is 0 Å². The Kier molecular flexibility index (Phi) is 4.50. The summed E-state index contributed by atoms with van der Waals surface area (Å²) in [6, 6.07) is 9.50. The topological polar surface area (TPSA) is 46.5 Å². The van der Waals surface area contributed by atoms with Crippen molar-refractivity contribution >= 4 is 5.97 Å². The molecule has 16 heavy (non-hydrogen) atoms. The van der Waals surface area contributed by atoms with Crippen LogP contribution in [0.15, 0.2) is 30.3 Å². The first-order chi connectivity index (χ1) is 7.52. The fourth-order valence-corrected chi connectivity index (χ4v) is 1.57. The third-order valence-corrected chi connectivity index (χ3v) is 2.51. The van der Waals surface area contributed by atoms with E-state index in [4.69, 9.17) is 4.74 Å². The monoisotopic (exact) mass is 222 g/mol. The SMILES string of the molecule is CC(=O)OCCC[C@@](C)(O)c1ccccc1. The lowest BCUT2D eigenvalue weighted by atomic mass is 9.91. The average molecular weight is 222 g/mol. The summed E-state index contributed by atoms with van der Waals surface area (Å²) in [5.74, 6) is -0.278. The van der Waals surface area contributed by atoms with Gasteiger partial charge in [-0.25, -0.2) is 0 Å². The van der Waals surface area contributed by atoms with Gasteiger partial charge in [-0.2, -0.15) is 0 Å². The van der Waals surface area contributed by atoms with E-state index in [0.29, 0.717) is 19.4 Å². The lowest BCUT2D eigenvalue weighted by Crippen LogP contribution is -2.21. The van der Waals surface area contributed by atoms with Gasteiger partial charge in [-0.05, 0) is 25.3 Å². The van der Waals surface area contributed by atoms with Crippen molar-refractivity contribution in [3.05, 3.63) is 35.9 Å². The molecule has 0 amide bonds. The molecule has 0 aliphatic carbocycles. The molecular weight excluding hydrogens is 204 g/mol. The van der Waals surface area contributed by atoms with E-state index in [1.807, 2.05) is 30.3 Å². The highest BCUT2D eigenvalue weighted by atomic mass is 16.5. The Bertz CT molecular complexity index is 330. The zero-order valence-corrected chi connectivity index (χ0v) is 9.77. The van der Waals surface area contributed by atoms with Gasteiger partial charge in [0.05, 0.1) is 12.2 Å². The quantitative estimate of drug-likeness (QED) is 0.614. The van der Waals surface area contributed by atoms with Crippen molar-refractivity contribution in [1.29, 1.82) is 0 Å². The molecule has 0 spiro atoms. The third-order valence-electron chi connectivity index (χ3n) is 2.51. The molecule has 1 aromatic carbocycles. The molecule has 0 aliphatic heterocycles. The molecule has 0 aliphatic rings. The first kappa shape index (κ1) is 12.7. The number of ether oxygens (including phenoxy) is 1. The number of carbonyl (C=O) groups is 1. The molecule has 0 unspecified atom stereocenters. The van der Waals surface area contributed by atoms with Crippen LogP contribution in [0.25, 0.3) is 0 Å². The largest absolute Gasteiger partial charge is 0.466 e. The van der Waals surface area contributed by atoms with Gasteiger partial charge < -0.3 is 9.84 Å². The molecule has 0 saturated heterocycles. The molecule has 0 radical (unpaired) electrons. The van der Waals surface area contributed by atoms with Crippen LogP contribution in [0.1, 0.15) is 32.3 Å². The summed E-state index contributed by atoms with van der Waals surface area (Å²) in [5, 5.41) is 10.2. The molecule has 3 heteroatoms. The highest BCUT2D eigenvalue weighted by Gasteiger charge is 2.21. The van der Waals surface area contributed by atoms with E-state index < -0.39 is 5.60 Å². The molecule has 0 fully saturated rings. The molecule has 1 rings (SSSR count). The molecule has 1 aromatic rings. The maximum atomic E-state index is 10.6. The Balaban J connectivity index is 2.43. The van der Waals surface area contributed by atoms with Gasteiger partial charge in [-0.1, -0.05) is 30.3 Å². The molecule has 88 valence electrons. The summed E-state index contributed by atoms with van der Waals surface area (Å²) in [7, 11) is 0. The molecule has 1 N–H and O–H groups in total. The van der Waals surface area contributed by atoms with Crippen LogP contribution in [0.4, 0.5) is 0 Å². The third kappa shape index (κ3) is 4.03. The predicted octanol–water partition coefficient (Wildman–Crippen LogP) is 2.24. The highest BCUT2D eigenvalue weighted by Crippen LogP contribution is 2.25. The normalized spacial score (nSPS) is 14.2. The summed E-state index contributed by atoms with van der Waals surface area (Å²) < 4.78 is 4.82. The van der Waals surface area contributed by atoms with E-state index in [1.54, 1.807) is 6.92 Å². The Labute approximate surface area is 96.1 Å². The summed E-state index contributed by atoms with van der Waals surface area (Å²) in [6.45, 7) is 3.52. The maximum Gasteiger partial charge on any atom is 0.302 e. The number of aliphatic hydroxyl groups is 1. The number of benzene rings is 1. The van der Waals surface area contributed by atoms with Crippen molar-refractivity contribution in [2.75, 3.05) is 6.61 Å². The standard InChI is InChI=1S/C13H18O3/c1-11(14)16-10-6-9-13(2,15)12-7-4-3-5-8-12/h3-5,7-8,15H,6,9-10H2,1-2H3/t13-/m1/s1. The van der Waals surface area contributed by atoms with Gasteiger partial charge in [-0.3, -0.25) is 4.79 Å². The molecular formula is C13H18O3. The zero-order valence-electron chi connectivity index (χ0n) is 9.77. The fourth-order valence-electron chi connectivity index (χ4n) is 1.57. The van der Waals surface area contributed by atoms with Gasteiger partial charge >= 0.3 is 5.97 Å². The smallest absolute Gasteiger partial charge is 0.302 e. The Morgan fingerprint density at radius 2 is 2.00 bits per heavy atom. The van der Waals surface area contributed by atoms with E-state index in [0.717, 1.165) is 5.56 Å². The summed E-state index contributed by atoms with van der Waals surface area (Å²) >= 11 is 0. The van der Waals surface area contributed by atoms with E-state index in [9.17, 15) is 9.90 Å². The lowest BCUT2D eigenvalue weighted by molar-refractivity contribution is -0.141. The van der Waals surface area contributed by atoms with Gasteiger partial charge in [0, 0.05) is 6.92 Å². The van der Waals surface area contributed by atoms with Gasteiger partial charge in [0.1, 0.15) is 0 Å². The zero-order chi connectivity index (χ0) is 12.0. The van der Waals surface area contributed by atoms with Crippen molar-refractivity contribution < 1.29 is 14.6 Å². The van der Waals surface area contributed by atoms with Crippen LogP contribution in [-0.2, 0) is 15.1 Å². The second kappa shape index (κ2) is 5.66. The summed E-state index contributed by atoms with van der Waals surface area (Å²) in [5.41, 5.74) is 0.0272. The lowest BCUT2D eigenvalue weighted by Gasteiger charge is -2.23. The molecule has 1 atom stereocenters. The van der Waals surface area contributed by atoms with Gasteiger partial charge in [0.25, 0.3) is 0 Å². The molecule has 0 heterocycles. The van der Waals surface area contributed by atoms with Crippen LogP contribution in [0.3, 0.4) is 0 Å². The van der Waals surface area contributed by atoms with Crippen LogP contribution in [0, 0.1) is 0 Å². The minimum atomic E-state index is -0.860. The molecule has 0 bridgehead atoms. The van der Waals surface area contributed by atoms with Crippen LogP contribution in [0.2, 0.25) is 0 Å². The second-order valence-electron chi connectivity index (χ2n) is 4.08. The van der Waals surface area contributed by atoms with Crippen LogP contribution in [-0.4, -0.2) is 17.7 Å². The number of rotatable bonds is 5. The first-order valence-electron chi connectivity index (χ1n) is 5.43. The minimum Gasteiger partial charge on any atom is -0.466 e. The van der Waals surface area contributed by atoms with Crippen molar-refractivity contribution in [3.8, 4) is 0 Å². The Morgan fingerprint density at radius 1 is 1.38 bits per heavy atom. The maximum absolute atomic E-state index is 10.6. The first-order valence-corrected chi connectivity index (χ1v) is 5.43. The molecule has 3 nitrogen and oxygen atoms in total. The van der Waals surface area contributed by atoms with Crippen LogP contribution >= 0.6 is 0 Å². The van der Waals surface area contributed by atoms with Crippen molar-refractivity contribution in [2.24, 2.45) is 0 Å². The average Bonchev–Trinajstić information content (AvgIpc) is 2.26. The van der Waals surface area contributed by atoms with Gasteiger partial charge in [-0.15, -0.1) is 0 Å². The van der Waals surface area contributed by atoms with Crippen LogP contribution < -0.4 is 0 Å². The Morgan fingerprint density at radius 3 is 2.56 bits per heavy atom. The number of carbonyl (C=O) groups excluding carboxylic acids is 1. The van der Waals surface area contributed by atoms with Gasteiger partial charge in [0.2, 0.25) is 0 Å². The highest BCUT2D eigenvalue weighted by molar-refractivity contribution is 5.65. The molecule has 0 saturated carbocycles. The van der Waals surface area contributed by atoms with E-state index in [1.165, 1.54) is 6.92 Å². The van der Waals surface area contributed by atoms with Crippen molar-refractivity contribution in [1.82, 2.24) is 0 Å². The number of hydrogen-bond acceptors (Lipinski definition) is 3. The Hall–Kier alpha value is -1.35. The van der Waals surface area contributed by atoms with Crippen LogP contribution in [0.5, 0.6) is 0 Å². The predicted molar refractivity (Wildman–Crippen MR) is 61.9 cm³/mol. The number of esters is 1. The number of hydrogen-bond donors (Lipinski definition) is 1. The van der Waals surface area contributed by atoms with Crippen molar-refractivity contribution in [3.63, 3.8) is 0 Å². The summed E-state index contributed by atoms with van der Waals surface area (Å²) in [6.07, 6.45) is 1.23. The van der Waals surface area contributed by atoms with Gasteiger partial charge in [0.15, 0.2) is 0 Å². The summed E-state index contributed by atoms with van der Waals surface area (Å²) in [4.78, 5) is 10.6.